The highest BCUT2D eigenvalue weighted by molar-refractivity contribution is 7.98. The van der Waals surface area contributed by atoms with Crippen molar-refractivity contribution < 1.29 is 14.9 Å². The van der Waals surface area contributed by atoms with Crippen LogP contribution in [0.4, 0.5) is 0 Å². The molecule has 0 heterocycles. The molecule has 6 rings (SSSR count). The molecular weight excluding hydrogens is 488 g/mol. The van der Waals surface area contributed by atoms with Gasteiger partial charge >= 0.3 is 0 Å². The van der Waals surface area contributed by atoms with Gasteiger partial charge in [0, 0.05) is 21.1 Å². The zero-order valence-electron chi connectivity index (χ0n) is 22.7. The Hall–Kier alpha value is -2.85. The molecule has 2 saturated carbocycles. The van der Waals surface area contributed by atoms with Gasteiger partial charge in [-0.1, -0.05) is 62.8 Å². The highest BCUT2D eigenvalue weighted by Gasteiger charge is 2.18. The molecule has 2 aliphatic carbocycles. The minimum atomic E-state index is 0.325. The number of aromatic hydroxyl groups is 2. The van der Waals surface area contributed by atoms with Crippen molar-refractivity contribution in [1.82, 2.24) is 0 Å². The highest BCUT2D eigenvalue weighted by Crippen LogP contribution is 2.39. The summed E-state index contributed by atoms with van der Waals surface area (Å²) in [6, 6.07) is 20.3. The molecule has 38 heavy (non-hydrogen) atoms. The lowest BCUT2D eigenvalue weighted by atomic mass is 9.83. The standard InChI is InChI=1S/C17H20O2.C17H20OS/c2*1-19-17-10-9-16(18)14-8-7-13(11-15(14)17)12-5-3-2-4-6-12/h2*7-12,18H,2-6H2,1H3. The Labute approximate surface area is 231 Å². The average molecular weight is 529 g/mol. The molecule has 0 atom stereocenters. The largest absolute Gasteiger partial charge is 0.507 e. The highest BCUT2D eigenvalue weighted by atomic mass is 32.2. The molecule has 3 nitrogen and oxygen atoms in total. The first-order valence-corrected chi connectivity index (χ1v) is 15.4. The van der Waals surface area contributed by atoms with Gasteiger partial charge in [-0.2, -0.15) is 0 Å². The zero-order chi connectivity index (χ0) is 26.5. The predicted molar refractivity (Wildman–Crippen MR) is 161 cm³/mol. The fourth-order valence-electron chi connectivity index (χ4n) is 6.38. The number of hydrogen-bond acceptors (Lipinski definition) is 4. The first-order chi connectivity index (χ1) is 18.6. The van der Waals surface area contributed by atoms with Crippen molar-refractivity contribution in [2.45, 2.75) is 80.9 Å². The number of fused-ring (bicyclic) bond motifs is 2. The first-order valence-electron chi connectivity index (χ1n) is 14.2. The second-order valence-corrected chi connectivity index (χ2v) is 11.7. The number of rotatable bonds is 4. The maximum atomic E-state index is 9.98. The molecule has 2 N–H and O–H groups in total. The molecular formula is C34H40O3S. The van der Waals surface area contributed by atoms with E-state index in [0.717, 1.165) is 27.8 Å². The Bertz CT molecular complexity index is 1280. The summed E-state index contributed by atoms with van der Waals surface area (Å²) < 4.78 is 5.41. The van der Waals surface area contributed by atoms with Crippen LogP contribution in [0.2, 0.25) is 0 Å². The monoisotopic (exact) mass is 528 g/mol. The van der Waals surface area contributed by atoms with Gasteiger partial charge in [0.05, 0.1) is 7.11 Å². The van der Waals surface area contributed by atoms with Gasteiger partial charge < -0.3 is 14.9 Å². The van der Waals surface area contributed by atoms with Crippen LogP contribution in [0.25, 0.3) is 21.5 Å². The molecule has 0 radical (unpaired) electrons. The van der Waals surface area contributed by atoms with Crippen LogP contribution in [-0.2, 0) is 0 Å². The fourth-order valence-corrected chi connectivity index (χ4v) is 6.98. The second kappa shape index (κ2) is 12.3. The third-order valence-electron chi connectivity index (χ3n) is 8.55. The first kappa shape index (κ1) is 26.7. The number of benzene rings is 4. The molecule has 2 fully saturated rings. The Morgan fingerprint density at radius 1 is 0.605 bits per heavy atom. The van der Waals surface area contributed by atoms with Gasteiger partial charge in [0.15, 0.2) is 0 Å². The van der Waals surface area contributed by atoms with E-state index in [-0.39, 0.29) is 0 Å². The van der Waals surface area contributed by atoms with E-state index < -0.39 is 0 Å². The van der Waals surface area contributed by atoms with Crippen molar-refractivity contribution >= 4 is 33.3 Å². The van der Waals surface area contributed by atoms with Gasteiger partial charge in [-0.05, 0) is 96.7 Å². The third kappa shape index (κ3) is 5.76. The number of methoxy groups -OCH3 is 1. The van der Waals surface area contributed by atoms with E-state index in [4.69, 9.17) is 4.74 Å². The SMILES string of the molecule is COc1ccc(O)c2ccc(C3CCCCC3)cc12.CSc1ccc(O)c2ccc(C3CCCCC3)cc12. The van der Waals surface area contributed by atoms with Crippen LogP contribution in [0.1, 0.15) is 87.2 Å². The predicted octanol–water partition coefficient (Wildman–Crippen LogP) is 9.92. The smallest absolute Gasteiger partial charge is 0.126 e. The van der Waals surface area contributed by atoms with E-state index in [1.165, 1.54) is 85.6 Å². The average Bonchev–Trinajstić information content (AvgIpc) is 2.98. The van der Waals surface area contributed by atoms with Crippen molar-refractivity contribution in [1.29, 1.82) is 0 Å². The number of phenolic OH excluding ortho intramolecular Hbond substituents is 2. The summed E-state index contributed by atoms with van der Waals surface area (Å²) >= 11 is 1.75. The van der Waals surface area contributed by atoms with Crippen LogP contribution in [0.15, 0.2) is 65.6 Å². The van der Waals surface area contributed by atoms with Crippen molar-refractivity contribution in [3.8, 4) is 17.2 Å². The summed E-state index contributed by atoms with van der Waals surface area (Å²) in [5.74, 6) is 2.94. The Kier molecular flexibility index (Phi) is 8.68. The molecule has 2 aliphatic rings. The maximum absolute atomic E-state index is 9.98. The van der Waals surface area contributed by atoms with Crippen molar-refractivity contribution in [3.05, 3.63) is 71.8 Å². The van der Waals surface area contributed by atoms with E-state index in [1.54, 1.807) is 31.0 Å². The van der Waals surface area contributed by atoms with Crippen molar-refractivity contribution in [2.75, 3.05) is 13.4 Å². The van der Waals surface area contributed by atoms with Crippen molar-refractivity contribution in [2.24, 2.45) is 0 Å². The van der Waals surface area contributed by atoms with Crippen LogP contribution in [0.3, 0.4) is 0 Å². The lowest BCUT2D eigenvalue weighted by molar-refractivity contribution is 0.418. The molecule has 200 valence electrons. The van der Waals surface area contributed by atoms with Gasteiger partial charge in [0.2, 0.25) is 0 Å². The number of ether oxygens (including phenoxy) is 1. The van der Waals surface area contributed by atoms with Gasteiger partial charge in [0.1, 0.15) is 17.2 Å². The van der Waals surface area contributed by atoms with Crippen LogP contribution < -0.4 is 4.74 Å². The molecule has 0 spiro atoms. The Morgan fingerprint density at radius 3 is 1.63 bits per heavy atom. The summed E-state index contributed by atoms with van der Waals surface area (Å²) in [5, 5.41) is 24.0. The Morgan fingerprint density at radius 2 is 1.11 bits per heavy atom. The number of thioether (sulfide) groups is 1. The molecule has 0 unspecified atom stereocenters. The molecule has 4 heteroatoms. The molecule has 4 aromatic rings. The van der Waals surface area contributed by atoms with E-state index in [1.807, 2.05) is 18.2 Å². The van der Waals surface area contributed by atoms with Gasteiger partial charge in [-0.15, -0.1) is 11.8 Å². The minimum Gasteiger partial charge on any atom is -0.507 e. The minimum absolute atomic E-state index is 0.325. The lowest BCUT2D eigenvalue weighted by Gasteiger charge is -2.22. The molecule has 0 aliphatic heterocycles. The summed E-state index contributed by atoms with van der Waals surface area (Å²) in [5.41, 5.74) is 2.84. The summed E-state index contributed by atoms with van der Waals surface area (Å²) in [7, 11) is 1.68. The summed E-state index contributed by atoms with van der Waals surface area (Å²) in [6.45, 7) is 0. The van der Waals surface area contributed by atoms with Gasteiger partial charge in [-0.25, -0.2) is 0 Å². The van der Waals surface area contributed by atoms with Crippen LogP contribution >= 0.6 is 11.8 Å². The maximum Gasteiger partial charge on any atom is 0.126 e. The summed E-state index contributed by atoms with van der Waals surface area (Å²) in [4.78, 5) is 1.26. The normalized spacial score (nSPS) is 16.8. The second-order valence-electron chi connectivity index (χ2n) is 10.9. The quantitative estimate of drug-likeness (QED) is 0.259. The molecule has 0 bridgehead atoms. The van der Waals surface area contributed by atoms with E-state index >= 15 is 0 Å². The third-order valence-corrected chi connectivity index (χ3v) is 9.34. The number of hydrogen-bond donors (Lipinski definition) is 2. The van der Waals surface area contributed by atoms with E-state index in [0.29, 0.717) is 17.4 Å². The van der Waals surface area contributed by atoms with Gasteiger partial charge in [-0.3, -0.25) is 0 Å². The van der Waals surface area contributed by atoms with Crippen molar-refractivity contribution in [3.63, 3.8) is 0 Å². The van der Waals surface area contributed by atoms with Crippen LogP contribution in [-0.4, -0.2) is 23.6 Å². The van der Waals surface area contributed by atoms with Crippen LogP contribution in [0.5, 0.6) is 17.2 Å². The molecule has 0 aromatic heterocycles. The fraction of sp³-hybridized carbons (Fsp3) is 0.412. The van der Waals surface area contributed by atoms with Crippen LogP contribution in [0, 0.1) is 0 Å². The summed E-state index contributed by atoms with van der Waals surface area (Å²) in [6.07, 6.45) is 15.4. The van der Waals surface area contributed by atoms with E-state index in [9.17, 15) is 10.2 Å². The van der Waals surface area contributed by atoms with E-state index in [2.05, 4.69) is 36.6 Å². The molecule has 0 amide bonds. The zero-order valence-corrected chi connectivity index (χ0v) is 23.5. The number of phenols is 2. The van der Waals surface area contributed by atoms with Gasteiger partial charge in [0.25, 0.3) is 0 Å². The Balaban J connectivity index is 0.000000155. The molecule has 4 aromatic carbocycles. The topological polar surface area (TPSA) is 49.7 Å². The lowest BCUT2D eigenvalue weighted by Crippen LogP contribution is -2.04. The molecule has 0 saturated heterocycles.